The Labute approximate surface area is 246 Å². The Balaban J connectivity index is 1.15. The maximum atomic E-state index is 13.3. The summed E-state index contributed by atoms with van der Waals surface area (Å²) >= 11 is 0. The first-order valence-corrected chi connectivity index (χ1v) is 14.8. The third kappa shape index (κ3) is 7.24. The molecule has 0 aliphatic carbocycles. The number of aryl methyl sites for hydroxylation is 1. The van der Waals surface area contributed by atoms with Crippen molar-refractivity contribution < 1.29 is 9.47 Å². The van der Waals surface area contributed by atoms with Gasteiger partial charge in [0.05, 0.1) is 36.2 Å². The number of hydrogen-bond acceptors (Lipinski definition) is 6. The summed E-state index contributed by atoms with van der Waals surface area (Å²) in [6, 6.07) is 30.0. The Morgan fingerprint density at radius 3 is 2.07 bits per heavy atom. The number of rotatable bonds is 13. The predicted octanol–water partition coefficient (Wildman–Crippen LogP) is 4.75. The summed E-state index contributed by atoms with van der Waals surface area (Å²) in [5.41, 5.74) is 2.36. The summed E-state index contributed by atoms with van der Waals surface area (Å²) in [4.78, 5) is 28.7. The summed E-state index contributed by atoms with van der Waals surface area (Å²) in [6.07, 6.45) is 3.88. The topological polar surface area (TPSA) is 89.5 Å². The molecule has 0 unspecified atom stereocenters. The average Bonchev–Trinajstić information content (AvgIpc) is 3.04. The van der Waals surface area contributed by atoms with Crippen LogP contribution in [0.1, 0.15) is 42.9 Å². The van der Waals surface area contributed by atoms with Gasteiger partial charge in [-0.15, -0.1) is 0 Å². The first-order chi connectivity index (χ1) is 20.7. The van der Waals surface area contributed by atoms with Gasteiger partial charge in [0.25, 0.3) is 5.56 Å². The van der Waals surface area contributed by atoms with Gasteiger partial charge in [-0.1, -0.05) is 72.8 Å². The summed E-state index contributed by atoms with van der Waals surface area (Å²) in [6.45, 7) is 3.65. The number of piperidine rings is 1. The summed E-state index contributed by atoms with van der Waals surface area (Å²) in [5.74, 6) is 0. The van der Waals surface area contributed by atoms with Crippen LogP contribution < -0.4 is 11.2 Å². The van der Waals surface area contributed by atoms with E-state index in [1.165, 1.54) is 15.7 Å². The fraction of sp³-hybridized carbons (Fsp3) is 0.382. The monoisotopic (exact) mass is 566 g/mol. The van der Waals surface area contributed by atoms with Gasteiger partial charge in [0.1, 0.15) is 12.7 Å². The highest BCUT2D eigenvalue weighted by atomic mass is 16.5. The fourth-order valence-corrected chi connectivity index (χ4v) is 5.73. The van der Waals surface area contributed by atoms with Crippen LogP contribution >= 0.6 is 0 Å². The van der Waals surface area contributed by atoms with E-state index >= 15 is 0 Å². The number of nitrogens with zero attached hydrogens (tertiary/aromatic N) is 4. The fourth-order valence-electron chi connectivity index (χ4n) is 5.73. The first kappa shape index (κ1) is 29.5. The molecule has 1 aliphatic heterocycles. The SMILES string of the molecule is N#CCOCCn1c(=O)c2ccccc2n(CCCCN2CCC(OC(c3ccccc3)c3ccccc3)CC2)c1=O. The molecule has 4 aromatic rings. The molecule has 5 rings (SSSR count). The molecule has 0 saturated carbocycles. The average molecular weight is 567 g/mol. The predicted molar refractivity (Wildman–Crippen MR) is 163 cm³/mol. The molecule has 1 aliphatic rings. The Morgan fingerprint density at radius 2 is 1.40 bits per heavy atom. The van der Waals surface area contributed by atoms with Gasteiger partial charge >= 0.3 is 5.69 Å². The molecule has 3 aromatic carbocycles. The zero-order valence-corrected chi connectivity index (χ0v) is 23.9. The Kier molecular flexibility index (Phi) is 10.3. The van der Waals surface area contributed by atoms with Crippen LogP contribution in [0.15, 0.2) is 94.5 Å². The minimum absolute atomic E-state index is 0.0689. The van der Waals surface area contributed by atoms with E-state index in [2.05, 4.69) is 53.4 Å². The third-order valence-corrected chi connectivity index (χ3v) is 7.93. The van der Waals surface area contributed by atoms with Crippen molar-refractivity contribution in [1.29, 1.82) is 5.26 Å². The maximum Gasteiger partial charge on any atom is 0.331 e. The lowest BCUT2D eigenvalue weighted by atomic mass is 10.00. The van der Waals surface area contributed by atoms with Crippen LogP contribution in [0.4, 0.5) is 0 Å². The second kappa shape index (κ2) is 14.7. The van der Waals surface area contributed by atoms with Crippen molar-refractivity contribution in [2.45, 2.75) is 51.0 Å². The van der Waals surface area contributed by atoms with Crippen molar-refractivity contribution >= 4 is 10.9 Å². The number of para-hydroxylation sites is 1. The smallest absolute Gasteiger partial charge is 0.331 e. The maximum absolute atomic E-state index is 13.3. The number of ether oxygens (including phenoxy) is 2. The van der Waals surface area contributed by atoms with Crippen molar-refractivity contribution in [1.82, 2.24) is 14.0 Å². The normalized spacial score (nSPS) is 14.4. The van der Waals surface area contributed by atoms with Crippen LogP contribution in [-0.4, -0.2) is 53.0 Å². The van der Waals surface area contributed by atoms with Gasteiger partial charge in [0.2, 0.25) is 0 Å². The molecule has 0 spiro atoms. The van der Waals surface area contributed by atoms with Crippen LogP contribution in [-0.2, 0) is 22.6 Å². The number of likely N-dealkylation sites (tertiary alicyclic amines) is 1. The summed E-state index contributed by atoms with van der Waals surface area (Å²) in [5, 5.41) is 9.20. The molecule has 0 radical (unpaired) electrons. The highest BCUT2D eigenvalue weighted by Gasteiger charge is 2.24. The number of fused-ring (bicyclic) bond motifs is 1. The lowest BCUT2D eigenvalue weighted by molar-refractivity contribution is -0.0271. The number of nitriles is 1. The van der Waals surface area contributed by atoms with Crippen molar-refractivity contribution in [2.75, 3.05) is 32.8 Å². The largest absolute Gasteiger partial charge is 0.365 e. The number of aromatic nitrogens is 2. The molecule has 1 fully saturated rings. The van der Waals surface area contributed by atoms with Crippen LogP contribution in [0.25, 0.3) is 10.9 Å². The van der Waals surface area contributed by atoms with E-state index in [0.29, 0.717) is 17.4 Å². The van der Waals surface area contributed by atoms with Crippen LogP contribution in [0.5, 0.6) is 0 Å². The highest BCUT2D eigenvalue weighted by molar-refractivity contribution is 5.77. The molecule has 8 nitrogen and oxygen atoms in total. The second-order valence-corrected chi connectivity index (χ2v) is 10.7. The molecular weight excluding hydrogens is 528 g/mol. The lowest BCUT2D eigenvalue weighted by Crippen LogP contribution is -2.41. The number of unbranched alkanes of at least 4 members (excludes halogenated alkanes) is 1. The molecule has 2 heterocycles. The van der Waals surface area contributed by atoms with Crippen LogP contribution in [0.2, 0.25) is 0 Å². The number of benzene rings is 3. The Morgan fingerprint density at radius 1 is 0.786 bits per heavy atom. The molecule has 1 saturated heterocycles. The van der Waals surface area contributed by atoms with E-state index < -0.39 is 0 Å². The van der Waals surface area contributed by atoms with E-state index in [-0.39, 0.29) is 43.2 Å². The number of hydrogen-bond donors (Lipinski definition) is 0. The van der Waals surface area contributed by atoms with Crippen LogP contribution in [0, 0.1) is 11.3 Å². The zero-order valence-electron chi connectivity index (χ0n) is 23.9. The molecule has 42 heavy (non-hydrogen) atoms. The Hall–Kier alpha value is -4.03. The van der Waals surface area contributed by atoms with Gasteiger partial charge in [-0.2, -0.15) is 5.26 Å². The van der Waals surface area contributed by atoms with Gasteiger partial charge in [-0.3, -0.25) is 13.9 Å². The highest BCUT2D eigenvalue weighted by Crippen LogP contribution is 2.30. The molecule has 0 amide bonds. The van der Waals surface area contributed by atoms with Crippen LogP contribution in [0.3, 0.4) is 0 Å². The zero-order chi connectivity index (χ0) is 29.1. The van der Waals surface area contributed by atoms with Crippen molar-refractivity contribution in [3.05, 3.63) is 117 Å². The first-order valence-electron chi connectivity index (χ1n) is 14.8. The van der Waals surface area contributed by atoms with Gasteiger partial charge in [-0.05, 0) is 55.5 Å². The molecule has 218 valence electrons. The molecular formula is C34H38N4O4. The second-order valence-electron chi connectivity index (χ2n) is 10.7. The Bertz CT molecular complexity index is 1550. The van der Waals surface area contributed by atoms with Gasteiger partial charge in [-0.25, -0.2) is 4.79 Å². The molecule has 8 heteroatoms. The molecule has 1 aromatic heterocycles. The van der Waals surface area contributed by atoms with E-state index in [1.54, 1.807) is 10.6 Å². The van der Waals surface area contributed by atoms with Gasteiger partial charge < -0.3 is 14.4 Å². The summed E-state index contributed by atoms with van der Waals surface area (Å²) in [7, 11) is 0. The van der Waals surface area contributed by atoms with Gasteiger partial charge in [0.15, 0.2) is 0 Å². The van der Waals surface area contributed by atoms with E-state index in [9.17, 15) is 9.59 Å². The minimum atomic E-state index is -0.330. The summed E-state index contributed by atoms with van der Waals surface area (Å²) < 4.78 is 14.8. The lowest BCUT2D eigenvalue weighted by Gasteiger charge is -2.34. The molecule has 0 N–H and O–H groups in total. The van der Waals surface area contributed by atoms with E-state index in [1.807, 2.05) is 36.4 Å². The standard InChI is InChI=1S/C34H38N4O4/c35-19-25-41-26-24-38-33(39)30-15-7-8-16-31(30)37(34(38)40)21-10-9-20-36-22-17-29(18-23-36)42-32(27-11-3-1-4-12-27)28-13-5-2-6-14-28/h1-8,11-16,29,32H,9-10,17-18,20-26H2. The van der Waals surface area contributed by atoms with E-state index in [0.717, 1.165) is 45.3 Å². The van der Waals surface area contributed by atoms with Crippen molar-refractivity contribution in [3.8, 4) is 6.07 Å². The third-order valence-electron chi connectivity index (χ3n) is 7.93. The quantitative estimate of drug-likeness (QED) is 0.217. The van der Waals surface area contributed by atoms with Crippen molar-refractivity contribution in [3.63, 3.8) is 0 Å². The van der Waals surface area contributed by atoms with Gasteiger partial charge in [0, 0.05) is 19.6 Å². The molecule has 0 bridgehead atoms. The minimum Gasteiger partial charge on any atom is -0.365 e. The van der Waals surface area contributed by atoms with E-state index in [4.69, 9.17) is 14.7 Å². The van der Waals surface area contributed by atoms with Crippen molar-refractivity contribution in [2.24, 2.45) is 0 Å². The molecule has 0 atom stereocenters.